The average molecular weight is 330 g/mol. The van der Waals surface area contributed by atoms with Crippen LogP contribution in [0.25, 0.3) is 11.3 Å². The smallest absolute Gasteiger partial charge is 0.477 e. The van der Waals surface area contributed by atoms with Crippen LogP contribution in [0.2, 0.25) is 0 Å². The number of para-hydroxylation sites is 1. The highest BCUT2D eigenvalue weighted by Gasteiger charge is 2.35. The first kappa shape index (κ1) is 16.3. The van der Waals surface area contributed by atoms with Crippen molar-refractivity contribution in [2.75, 3.05) is 0 Å². The monoisotopic (exact) mass is 330 g/mol. The van der Waals surface area contributed by atoms with E-state index in [0.29, 0.717) is 0 Å². The van der Waals surface area contributed by atoms with Gasteiger partial charge in [0.2, 0.25) is 0 Å². The molecule has 23 heavy (non-hydrogen) atoms. The first-order valence-electron chi connectivity index (χ1n) is 6.04. The lowest BCUT2D eigenvalue weighted by Gasteiger charge is -2.14. The van der Waals surface area contributed by atoms with Gasteiger partial charge in [0.1, 0.15) is 5.75 Å². The van der Waals surface area contributed by atoms with E-state index in [9.17, 15) is 33.2 Å². The number of ether oxygens (including phenoxy) is 1. The molecule has 2 aromatic rings. The number of nitro groups is 1. The van der Waals surface area contributed by atoms with Gasteiger partial charge in [0.25, 0.3) is 0 Å². The van der Waals surface area contributed by atoms with Crippen LogP contribution in [0.4, 0.5) is 18.9 Å². The quantitative estimate of drug-likeness (QED) is 0.686. The summed E-state index contributed by atoms with van der Waals surface area (Å²) < 4.78 is 42.4. The molecule has 10 heteroatoms. The van der Waals surface area contributed by atoms with Crippen LogP contribution in [-0.2, 0) is 7.05 Å². The molecule has 0 aliphatic carbocycles. The van der Waals surface area contributed by atoms with Crippen LogP contribution >= 0.6 is 0 Å². The number of carboxylic acids is 1. The fraction of sp³-hybridized carbons (Fsp3) is 0.154. The van der Waals surface area contributed by atoms with Crippen LogP contribution < -0.4 is 4.74 Å². The van der Waals surface area contributed by atoms with E-state index in [4.69, 9.17) is 0 Å². The number of rotatable bonds is 4. The second kappa shape index (κ2) is 5.63. The average Bonchev–Trinajstić information content (AvgIpc) is 2.75. The number of carbonyl (C=O) groups is 1. The summed E-state index contributed by atoms with van der Waals surface area (Å²) in [6.07, 6.45) is -4.07. The van der Waals surface area contributed by atoms with Crippen molar-refractivity contribution < 1.29 is 32.7 Å². The predicted molar refractivity (Wildman–Crippen MR) is 71.1 cm³/mol. The zero-order chi connectivity index (χ0) is 17.4. The Kier molecular flexibility index (Phi) is 4.00. The minimum absolute atomic E-state index is 0.224. The molecule has 0 aliphatic rings. The summed E-state index contributed by atoms with van der Waals surface area (Å²) in [6.45, 7) is 0. The zero-order valence-corrected chi connectivity index (χ0v) is 11.5. The summed E-state index contributed by atoms with van der Waals surface area (Å²) in [5.74, 6) is -2.28. The van der Waals surface area contributed by atoms with Crippen molar-refractivity contribution in [1.82, 2.24) is 4.57 Å². The summed E-state index contributed by atoms with van der Waals surface area (Å²) in [7, 11) is 1.29. The van der Waals surface area contributed by atoms with E-state index >= 15 is 0 Å². The lowest BCUT2D eigenvalue weighted by Crippen LogP contribution is -2.18. The third-order valence-corrected chi connectivity index (χ3v) is 2.94. The maximum atomic E-state index is 12.5. The molecule has 0 bridgehead atoms. The minimum atomic E-state index is -4.99. The molecule has 2 rings (SSSR count). The summed E-state index contributed by atoms with van der Waals surface area (Å²) in [6, 6.07) is 4.81. The van der Waals surface area contributed by atoms with Crippen molar-refractivity contribution in [3.63, 3.8) is 0 Å². The van der Waals surface area contributed by atoms with Gasteiger partial charge in [0.15, 0.2) is 5.56 Å². The summed E-state index contributed by atoms with van der Waals surface area (Å²) in [5.41, 5.74) is -1.92. The Morgan fingerprint density at radius 1 is 1.35 bits per heavy atom. The van der Waals surface area contributed by atoms with Crippen LogP contribution in [0.5, 0.6) is 5.75 Å². The van der Waals surface area contributed by atoms with Gasteiger partial charge in [-0.25, -0.2) is 4.79 Å². The molecule has 0 saturated carbocycles. The second-order valence-electron chi connectivity index (χ2n) is 4.46. The van der Waals surface area contributed by atoms with Crippen molar-refractivity contribution >= 4 is 11.7 Å². The molecule has 1 aromatic carbocycles. The van der Waals surface area contributed by atoms with Crippen LogP contribution in [-0.4, -0.2) is 26.9 Å². The van der Waals surface area contributed by atoms with Gasteiger partial charge in [-0.15, -0.1) is 13.2 Å². The van der Waals surface area contributed by atoms with Crippen molar-refractivity contribution in [3.8, 4) is 17.0 Å². The van der Waals surface area contributed by atoms with Gasteiger partial charge in [0, 0.05) is 12.6 Å². The number of carboxylic acid groups (broad SMARTS) is 1. The Labute approximate surface area is 126 Å². The van der Waals surface area contributed by atoms with E-state index in [1.807, 2.05) is 0 Å². The van der Waals surface area contributed by atoms with Gasteiger partial charge < -0.3 is 14.4 Å². The predicted octanol–water partition coefficient (Wildman–Crippen LogP) is 3.20. The number of hydrogen-bond acceptors (Lipinski definition) is 4. The zero-order valence-electron chi connectivity index (χ0n) is 11.5. The van der Waals surface area contributed by atoms with E-state index in [2.05, 4.69) is 4.74 Å². The molecule has 0 atom stereocenters. The number of hydrogen-bond donors (Lipinski definition) is 1. The van der Waals surface area contributed by atoms with Gasteiger partial charge in [0.05, 0.1) is 16.8 Å². The number of aryl methyl sites for hydroxylation is 1. The molecule has 0 unspecified atom stereocenters. The summed E-state index contributed by atoms with van der Waals surface area (Å²) >= 11 is 0. The van der Waals surface area contributed by atoms with Crippen molar-refractivity contribution in [3.05, 3.63) is 46.1 Å². The van der Waals surface area contributed by atoms with Crippen LogP contribution in [0.3, 0.4) is 0 Å². The van der Waals surface area contributed by atoms with Gasteiger partial charge in [-0.2, -0.15) is 0 Å². The maximum Gasteiger partial charge on any atom is 0.573 e. The molecule has 0 fully saturated rings. The van der Waals surface area contributed by atoms with E-state index in [1.165, 1.54) is 25.2 Å². The summed E-state index contributed by atoms with van der Waals surface area (Å²) in [5, 5.41) is 20.2. The van der Waals surface area contributed by atoms with Gasteiger partial charge in [-0.1, -0.05) is 12.1 Å². The minimum Gasteiger partial charge on any atom is -0.477 e. The van der Waals surface area contributed by atoms with E-state index in [0.717, 1.165) is 16.8 Å². The molecule has 0 saturated heterocycles. The Morgan fingerprint density at radius 2 is 1.96 bits per heavy atom. The normalized spacial score (nSPS) is 11.3. The number of alkyl halides is 3. The van der Waals surface area contributed by atoms with Gasteiger partial charge in [-0.05, 0) is 12.1 Å². The maximum absolute atomic E-state index is 12.5. The number of benzene rings is 1. The number of halogens is 3. The van der Waals surface area contributed by atoms with Crippen molar-refractivity contribution in [1.29, 1.82) is 0 Å². The molecule has 1 heterocycles. The molecule has 0 aliphatic heterocycles. The van der Waals surface area contributed by atoms with Gasteiger partial charge >= 0.3 is 18.0 Å². The molecule has 0 radical (unpaired) electrons. The fourth-order valence-electron chi connectivity index (χ4n) is 2.16. The number of aromatic carboxylic acids is 1. The molecule has 122 valence electrons. The first-order valence-corrected chi connectivity index (χ1v) is 6.04. The van der Waals surface area contributed by atoms with Crippen molar-refractivity contribution in [2.24, 2.45) is 7.05 Å². The Bertz CT molecular complexity index is 782. The summed E-state index contributed by atoms with van der Waals surface area (Å²) in [4.78, 5) is 21.4. The largest absolute Gasteiger partial charge is 0.573 e. The van der Waals surface area contributed by atoms with E-state index in [1.54, 1.807) is 0 Å². The third-order valence-electron chi connectivity index (χ3n) is 2.94. The SMILES string of the molecule is Cn1cc([N+](=O)[O-])c(C(=O)O)c1-c1ccccc1OC(F)(F)F. The van der Waals surface area contributed by atoms with E-state index in [-0.39, 0.29) is 11.3 Å². The van der Waals surface area contributed by atoms with Crippen LogP contribution in [0, 0.1) is 10.1 Å². The molecule has 7 nitrogen and oxygen atoms in total. The molecule has 0 amide bonds. The highest BCUT2D eigenvalue weighted by Crippen LogP contribution is 2.39. The number of aromatic nitrogens is 1. The fourth-order valence-corrected chi connectivity index (χ4v) is 2.16. The highest BCUT2D eigenvalue weighted by molar-refractivity contribution is 6.00. The lowest BCUT2D eigenvalue weighted by molar-refractivity contribution is -0.385. The van der Waals surface area contributed by atoms with Crippen LogP contribution in [0.1, 0.15) is 10.4 Å². The van der Waals surface area contributed by atoms with Crippen molar-refractivity contribution in [2.45, 2.75) is 6.36 Å². The molecule has 1 aromatic heterocycles. The molecular formula is C13H9F3N2O5. The van der Waals surface area contributed by atoms with E-state index < -0.39 is 34.3 Å². The van der Waals surface area contributed by atoms with Gasteiger partial charge in [-0.3, -0.25) is 10.1 Å². The Balaban J connectivity index is 2.73. The molecule has 1 N–H and O–H groups in total. The molecule has 0 spiro atoms. The first-order chi connectivity index (χ1) is 10.6. The third kappa shape index (κ3) is 3.25. The number of nitrogens with zero attached hydrogens (tertiary/aromatic N) is 2. The Morgan fingerprint density at radius 3 is 2.48 bits per heavy atom. The second-order valence-corrected chi connectivity index (χ2v) is 4.46. The topological polar surface area (TPSA) is 94.6 Å². The highest BCUT2D eigenvalue weighted by atomic mass is 19.4. The van der Waals surface area contributed by atoms with Crippen LogP contribution in [0.15, 0.2) is 30.5 Å². The lowest BCUT2D eigenvalue weighted by atomic mass is 10.1. The molecular weight excluding hydrogens is 321 g/mol. The Hall–Kier alpha value is -3.04. The standard InChI is InChI=1S/C13H9F3N2O5/c1-17-6-8(18(21)22)10(12(19)20)11(17)7-4-2-3-5-9(7)23-13(14,15)16/h2-6H,1H3,(H,19,20).